The summed E-state index contributed by atoms with van der Waals surface area (Å²) in [6, 6.07) is 9.81. The van der Waals surface area contributed by atoms with Gasteiger partial charge in [0, 0.05) is 25.0 Å². The molecule has 22 heavy (non-hydrogen) atoms. The van der Waals surface area contributed by atoms with Gasteiger partial charge in [0.25, 0.3) is 0 Å². The van der Waals surface area contributed by atoms with Gasteiger partial charge in [-0.3, -0.25) is 9.59 Å². The van der Waals surface area contributed by atoms with Gasteiger partial charge in [-0.25, -0.2) is 0 Å². The number of nitrogens with zero attached hydrogens (tertiary/aromatic N) is 1. The molecule has 1 aliphatic heterocycles. The van der Waals surface area contributed by atoms with Crippen molar-refractivity contribution in [3.63, 3.8) is 0 Å². The minimum Gasteiger partial charge on any atom is -0.369 e. The van der Waals surface area contributed by atoms with Crippen LogP contribution in [0.25, 0.3) is 0 Å². The zero-order valence-electron chi connectivity index (χ0n) is 13.1. The lowest BCUT2D eigenvalue weighted by molar-refractivity contribution is -0.137. The molecule has 4 N–H and O–H groups in total. The molecule has 1 fully saturated rings. The lowest BCUT2D eigenvalue weighted by atomic mass is 9.92. The van der Waals surface area contributed by atoms with Crippen LogP contribution in [0.1, 0.15) is 44.2 Å². The van der Waals surface area contributed by atoms with E-state index in [1.54, 1.807) is 4.90 Å². The van der Waals surface area contributed by atoms with E-state index in [0.29, 0.717) is 19.4 Å². The number of hydrogen-bond donors (Lipinski definition) is 2. The van der Waals surface area contributed by atoms with Gasteiger partial charge in [0.1, 0.15) is 0 Å². The maximum absolute atomic E-state index is 12.4. The standard InChI is InChI=1S/C17H25N3O2/c1-12-7-8-14(17(19)22)11-20(12)16(21)10-9-15(18)13-5-3-2-4-6-13/h2-6,12,14-15H,7-11,18H2,1H3,(H2,19,22)/t12-,14+,15-/m1/s1. The highest BCUT2D eigenvalue weighted by molar-refractivity contribution is 5.80. The van der Waals surface area contributed by atoms with Gasteiger partial charge in [-0.05, 0) is 31.7 Å². The number of primary amides is 1. The first-order valence-corrected chi connectivity index (χ1v) is 7.88. The summed E-state index contributed by atoms with van der Waals surface area (Å²) in [6.07, 6.45) is 2.59. The zero-order chi connectivity index (χ0) is 16.1. The molecule has 0 unspecified atom stereocenters. The average molecular weight is 303 g/mol. The van der Waals surface area contributed by atoms with Crippen LogP contribution in [0.5, 0.6) is 0 Å². The summed E-state index contributed by atoms with van der Waals surface area (Å²) in [5.41, 5.74) is 12.6. The van der Waals surface area contributed by atoms with E-state index in [9.17, 15) is 9.59 Å². The quantitative estimate of drug-likeness (QED) is 0.865. The molecular formula is C17H25N3O2. The van der Waals surface area contributed by atoms with Crippen LogP contribution in [0.4, 0.5) is 0 Å². The number of nitrogens with two attached hydrogens (primary N) is 2. The number of carbonyl (C=O) groups excluding carboxylic acids is 2. The Morgan fingerprint density at radius 2 is 1.95 bits per heavy atom. The van der Waals surface area contributed by atoms with Crippen LogP contribution in [0.2, 0.25) is 0 Å². The molecule has 1 aromatic carbocycles. The van der Waals surface area contributed by atoms with Gasteiger partial charge in [-0.1, -0.05) is 30.3 Å². The van der Waals surface area contributed by atoms with Crippen LogP contribution < -0.4 is 11.5 Å². The van der Waals surface area contributed by atoms with Gasteiger partial charge >= 0.3 is 0 Å². The lowest BCUT2D eigenvalue weighted by Gasteiger charge is -2.37. The minimum atomic E-state index is -0.314. The molecule has 0 aliphatic carbocycles. The van der Waals surface area contributed by atoms with E-state index in [1.807, 2.05) is 37.3 Å². The third-order valence-corrected chi connectivity index (χ3v) is 4.50. The number of carbonyl (C=O) groups is 2. The number of benzene rings is 1. The van der Waals surface area contributed by atoms with Crippen molar-refractivity contribution in [1.29, 1.82) is 0 Å². The van der Waals surface area contributed by atoms with Crippen LogP contribution in [-0.2, 0) is 9.59 Å². The molecule has 0 bridgehead atoms. The van der Waals surface area contributed by atoms with E-state index in [1.165, 1.54) is 0 Å². The zero-order valence-corrected chi connectivity index (χ0v) is 13.1. The number of amides is 2. The summed E-state index contributed by atoms with van der Waals surface area (Å²) in [6.45, 7) is 2.46. The van der Waals surface area contributed by atoms with Gasteiger partial charge in [0.15, 0.2) is 0 Å². The van der Waals surface area contributed by atoms with Crippen molar-refractivity contribution in [1.82, 2.24) is 4.90 Å². The summed E-state index contributed by atoms with van der Waals surface area (Å²) < 4.78 is 0. The molecule has 5 heteroatoms. The molecule has 0 saturated carbocycles. The Morgan fingerprint density at radius 1 is 1.27 bits per heavy atom. The third kappa shape index (κ3) is 4.07. The van der Waals surface area contributed by atoms with Crippen molar-refractivity contribution in [3.8, 4) is 0 Å². The second kappa shape index (κ2) is 7.40. The number of piperidine rings is 1. The summed E-state index contributed by atoms with van der Waals surface area (Å²) in [5, 5.41) is 0. The largest absolute Gasteiger partial charge is 0.369 e. The Hall–Kier alpha value is -1.88. The van der Waals surface area contributed by atoms with Gasteiger partial charge < -0.3 is 16.4 Å². The minimum absolute atomic E-state index is 0.0600. The lowest BCUT2D eigenvalue weighted by Crippen LogP contribution is -2.48. The van der Waals surface area contributed by atoms with E-state index >= 15 is 0 Å². The molecule has 1 heterocycles. The van der Waals surface area contributed by atoms with E-state index in [4.69, 9.17) is 11.5 Å². The molecule has 3 atom stereocenters. The summed E-state index contributed by atoms with van der Waals surface area (Å²) >= 11 is 0. The highest BCUT2D eigenvalue weighted by Gasteiger charge is 2.31. The Bertz CT molecular complexity index is 518. The van der Waals surface area contributed by atoms with Gasteiger partial charge in [0.2, 0.25) is 11.8 Å². The van der Waals surface area contributed by atoms with Crippen LogP contribution in [0.3, 0.4) is 0 Å². The molecule has 120 valence electrons. The van der Waals surface area contributed by atoms with Gasteiger partial charge in [0.05, 0.1) is 5.92 Å². The van der Waals surface area contributed by atoms with Crippen molar-refractivity contribution in [3.05, 3.63) is 35.9 Å². The second-order valence-electron chi connectivity index (χ2n) is 6.13. The van der Waals surface area contributed by atoms with Crippen molar-refractivity contribution in [2.45, 2.75) is 44.7 Å². The van der Waals surface area contributed by atoms with Crippen LogP contribution in [0.15, 0.2) is 30.3 Å². The first kappa shape index (κ1) is 16.5. The van der Waals surface area contributed by atoms with Crippen LogP contribution in [0, 0.1) is 5.92 Å². The van der Waals surface area contributed by atoms with Crippen molar-refractivity contribution >= 4 is 11.8 Å². The molecule has 0 radical (unpaired) electrons. The molecule has 1 saturated heterocycles. The number of rotatable bonds is 5. The Balaban J connectivity index is 1.89. The molecule has 2 amide bonds. The smallest absolute Gasteiger partial charge is 0.222 e. The predicted molar refractivity (Wildman–Crippen MR) is 85.7 cm³/mol. The Morgan fingerprint density at radius 3 is 2.59 bits per heavy atom. The predicted octanol–water partition coefficient (Wildman–Crippen LogP) is 1.58. The summed E-state index contributed by atoms with van der Waals surface area (Å²) in [7, 11) is 0. The maximum atomic E-state index is 12.4. The molecular weight excluding hydrogens is 278 g/mol. The fourth-order valence-corrected chi connectivity index (χ4v) is 2.98. The van der Waals surface area contributed by atoms with E-state index in [0.717, 1.165) is 18.4 Å². The van der Waals surface area contributed by atoms with Gasteiger partial charge in [-0.2, -0.15) is 0 Å². The fraction of sp³-hybridized carbons (Fsp3) is 0.529. The van der Waals surface area contributed by atoms with Crippen molar-refractivity contribution in [2.24, 2.45) is 17.4 Å². The summed E-state index contributed by atoms with van der Waals surface area (Å²) in [5.74, 6) is -0.474. The van der Waals surface area contributed by atoms with Crippen molar-refractivity contribution < 1.29 is 9.59 Å². The Kier molecular flexibility index (Phi) is 5.55. The second-order valence-corrected chi connectivity index (χ2v) is 6.13. The molecule has 0 aromatic heterocycles. The molecule has 1 aliphatic rings. The first-order valence-electron chi connectivity index (χ1n) is 7.88. The van der Waals surface area contributed by atoms with Gasteiger partial charge in [-0.15, -0.1) is 0 Å². The van der Waals surface area contributed by atoms with Crippen LogP contribution in [-0.4, -0.2) is 29.3 Å². The van der Waals surface area contributed by atoms with E-state index in [2.05, 4.69) is 0 Å². The monoisotopic (exact) mass is 303 g/mol. The highest BCUT2D eigenvalue weighted by atomic mass is 16.2. The van der Waals surface area contributed by atoms with E-state index in [-0.39, 0.29) is 29.8 Å². The third-order valence-electron chi connectivity index (χ3n) is 4.50. The topological polar surface area (TPSA) is 89.4 Å². The molecule has 1 aromatic rings. The SMILES string of the molecule is C[C@@H]1CC[C@H](C(N)=O)CN1C(=O)CC[C@@H](N)c1ccccc1. The van der Waals surface area contributed by atoms with E-state index < -0.39 is 0 Å². The summed E-state index contributed by atoms with van der Waals surface area (Å²) in [4.78, 5) is 25.6. The first-order chi connectivity index (χ1) is 10.5. The normalized spacial score (nSPS) is 23.1. The number of likely N-dealkylation sites (tertiary alicyclic amines) is 1. The van der Waals surface area contributed by atoms with Crippen LogP contribution >= 0.6 is 0 Å². The number of hydrogen-bond acceptors (Lipinski definition) is 3. The average Bonchev–Trinajstić information content (AvgIpc) is 2.53. The Labute approximate surface area is 131 Å². The highest BCUT2D eigenvalue weighted by Crippen LogP contribution is 2.24. The van der Waals surface area contributed by atoms with Crippen molar-refractivity contribution in [2.75, 3.05) is 6.54 Å². The molecule has 2 rings (SSSR count). The molecule has 5 nitrogen and oxygen atoms in total. The maximum Gasteiger partial charge on any atom is 0.222 e. The fourth-order valence-electron chi connectivity index (χ4n) is 2.98. The molecule has 0 spiro atoms.